The fourth-order valence-electron chi connectivity index (χ4n) is 2.75. The van der Waals surface area contributed by atoms with Crippen LogP contribution in [0.25, 0.3) is 0 Å². The van der Waals surface area contributed by atoms with Crippen LogP contribution in [0.5, 0.6) is 0 Å². The number of nitrogens with zero attached hydrogens (tertiary/aromatic N) is 1. The van der Waals surface area contributed by atoms with E-state index < -0.39 is 0 Å². The van der Waals surface area contributed by atoms with Crippen molar-refractivity contribution in [3.63, 3.8) is 0 Å². The van der Waals surface area contributed by atoms with Gasteiger partial charge in [-0.2, -0.15) is 4.57 Å². The van der Waals surface area contributed by atoms with Gasteiger partial charge < -0.3 is 5.32 Å². The number of ketones is 1. The standard InChI is InChI=1S/C22H20N2O2/c1-17(18-8-4-2-5-9-18)23-21(25)16-24-14-12-20(13-15-24)22(26)19-10-6-3-7-11-19/h2-15,17H,16H2,1H3/p+1/t17-/m1/s1. The van der Waals surface area contributed by atoms with Crippen molar-refractivity contribution in [3.8, 4) is 0 Å². The molecule has 3 rings (SSSR count). The Morgan fingerprint density at radius 3 is 2.00 bits per heavy atom. The lowest BCUT2D eigenvalue weighted by atomic mass is 10.0. The Labute approximate surface area is 153 Å². The number of amides is 1. The second-order valence-electron chi connectivity index (χ2n) is 6.15. The van der Waals surface area contributed by atoms with E-state index in [0.717, 1.165) is 5.56 Å². The van der Waals surface area contributed by atoms with Crippen LogP contribution >= 0.6 is 0 Å². The topological polar surface area (TPSA) is 50.1 Å². The minimum atomic E-state index is -0.0755. The molecule has 0 fully saturated rings. The largest absolute Gasteiger partial charge is 0.344 e. The molecule has 130 valence electrons. The van der Waals surface area contributed by atoms with Crippen LogP contribution in [0.2, 0.25) is 0 Å². The Balaban J connectivity index is 1.60. The van der Waals surface area contributed by atoms with Crippen molar-refractivity contribution in [3.05, 3.63) is 102 Å². The van der Waals surface area contributed by atoms with Gasteiger partial charge in [0.2, 0.25) is 6.54 Å². The Hall–Kier alpha value is -3.27. The molecule has 0 spiro atoms. The van der Waals surface area contributed by atoms with Crippen molar-refractivity contribution in [1.82, 2.24) is 5.32 Å². The van der Waals surface area contributed by atoms with Crippen molar-refractivity contribution >= 4 is 11.7 Å². The molecule has 1 atom stereocenters. The highest BCUT2D eigenvalue weighted by Gasteiger charge is 2.15. The Bertz CT molecular complexity index is 875. The van der Waals surface area contributed by atoms with E-state index in [2.05, 4.69) is 5.32 Å². The molecule has 26 heavy (non-hydrogen) atoms. The lowest BCUT2D eigenvalue weighted by Crippen LogP contribution is -2.43. The first-order valence-electron chi connectivity index (χ1n) is 8.56. The van der Waals surface area contributed by atoms with Gasteiger partial charge in [0.25, 0.3) is 5.91 Å². The number of nitrogens with one attached hydrogen (secondary N) is 1. The van der Waals surface area contributed by atoms with E-state index in [4.69, 9.17) is 0 Å². The first-order valence-corrected chi connectivity index (χ1v) is 8.56. The van der Waals surface area contributed by atoms with Crippen LogP contribution in [0.15, 0.2) is 85.2 Å². The van der Waals surface area contributed by atoms with Gasteiger partial charge in [-0.1, -0.05) is 60.7 Å². The van der Waals surface area contributed by atoms with Crippen LogP contribution in [-0.4, -0.2) is 11.7 Å². The van der Waals surface area contributed by atoms with Crippen LogP contribution in [-0.2, 0) is 11.3 Å². The third-order valence-electron chi connectivity index (χ3n) is 4.19. The van der Waals surface area contributed by atoms with E-state index in [9.17, 15) is 9.59 Å². The van der Waals surface area contributed by atoms with Gasteiger partial charge in [-0.3, -0.25) is 9.59 Å². The molecule has 0 unspecified atom stereocenters. The zero-order valence-electron chi connectivity index (χ0n) is 14.6. The predicted molar refractivity (Wildman–Crippen MR) is 99.5 cm³/mol. The zero-order chi connectivity index (χ0) is 18.4. The molecule has 3 aromatic rings. The third-order valence-corrected chi connectivity index (χ3v) is 4.19. The molecular formula is C22H21N2O2+. The minimum absolute atomic E-state index is 0.0279. The Kier molecular flexibility index (Phi) is 5.54. The number of pyridine rings is 1. The maximum atomic E-state index is 12.4. The monoisotopic (exact) mass is 345 g/mol. The second-order valence-corrected chi connectivity index (χ2v) is 6.15. The molecule has 1 amide bonds. The van der Waals surface area contributed by atoms with E-state index in [1.807, 2.05) is 55.5 Å². The van der Waals surface area contributed by atoms with Gasteiger partial charge in [0, 0.05) is 23.3 Å². The summed E-state index contributed by atoms with van der Waals surface area (Å²) in [5, 5.41) is 2.98. The predicted octanol–water partition coefficient (Wildman–Crippen LogP) is 3.08. The van der Waals surface area contributed by atoms with Gasteiger partial charge in [-0.15, -0.1) is 0 Å². The zero-order valence-corrected chi connectivity index (χ0v) is 14.6. The van der Waals surface area contributed by atoms with E-state index >= 15 is 0 Å². The fraction of sp³-hybridized carbons (Fsp3) is 0.136. The summed E-state index contributed by atoms with van der Waals surface area (Å²) in [5.41, 5.74) is 2.32. The SMILES string of the molecule is C[C@@H](NC(=O)C[n+]1ccc(C(=O)c2ccccc2)cc1)c1ccccc1. The number of carbonyl (C=O) groups is 2. The van der Waals surface area contributed by atoms with Gasteiger partial charge in [0.05, 0.1) is 6.04 Å². The smallest absolute Gasteiger partial charge is 0.286 e. The summed E-state index contributed by atoms with van der Waals surface area (Å²) >= 11 is 0. The molecule has 2 aromatic carbocycles. The highest BCUT2D eigenvalue weighted by atomic mass is 16.2. The molecule has 1 aromatic heterocycles. The fourth-order valence-corrected chi connectivity index (χ4v) is 2.75. The third kappa shape index (κ3) is 4.42. The molecule has 0 saturated heterocycles. The molecule has 0 bridgehead atoms. The van der Waals surface area contributed by atoms with Crippen molar-refractivity contribution in [2.24, 2.45) is 0 Å². The van der Waals surface area contributed by atoms with Gasteiger partial charge in [-0.25, -0.2) is 0 Å². The van der Waals surface area contributed by atoms with Crippen molar-refractivity contribution in [1.29, 1.82) is 0 Å². The molecule has 4 heteroatoms. The highest BCUT2D eigenvalue weighted by molar-refractivity contribution is 6.08. The number of rotatable bonds is 6. The van der Waals surface area contributed by atoms with Crippen molar-refractivity contribution < 1.29 is 14.2 Å². The van der Waals surface area contributed by atoms with E-state index in [-0.39, 0.29) is 24.3 Å². The molecule has 1 heterocycles. The number of benzene rings is 2. The molecule has 0 saturated carbocycles. The molecule has 0 radical (unpaired) electrons. The summed E-state index contributed by atoms with van der Waals surface area (Å²) in [5.74, 6) is -0.103. The minimum Gasteiger partial charge on any atom is -0.344 e. The Morgan fingerprint density at radius 1 is 0.846 bits per heavy atom. The summed E-state index contributed by atoms with van der Waals surface area (Å²) in [6, 6.07) is 22.4. The van der Waals surface area contributed by atoms with Crippen molar-refractivity contribution in [2.75, 3.05) is 0 Å². The van der Waals surface area contributed by atoms with E-state index in [1.165, 1.54) is 0 Å². The number of carbonyl (C=O) groups excluding carboxylic acids is 2. The average Bonchev–Trinajstić information content (AvgIpc) is 2.69. The first-order chi connectivity index (χ1) is 12.6. The number of hydrogen-bond donors (Lipinski definition) is 1. The van der Waals surface area contributed by atoms with E-state index in [0.29, 0.717) is 11.1 Å². The average molecular weight is 345 g/mol. The first kappa shape index (κ1) is 17.5. The number of aromatic nitrogens is 1. The summed E-state index contributed by atoms with van der Waals surface area (Å²) in [6.07, 6.45) is 3.51. The second kappa shape index (κ2) is 8.21. The normalized spacial score (nSPS) is 11.6. The molecule has 4 nitrogen and oxygen atoms in total. The van der Waals surface area contributed by atoms with Crippen LogP contribution < -0.4 is 9.88 Å². The van der Waals surface area contributed by atoms with Gasteiger partial charge in [0.1, 0.15) is 0 Å². The van der Waals surface area contributed by atoms with Crippen LogP contribution in [0.4, 0.5) is 0 Å². The maximum Gasteiger partial charge on any atom is 0.286 e. The van der Waals surface area contributed by atoms with Gasteiger partial charge in [-0.05, 0) is 12.5 Å². The lowest BCUT2D eigenvalue weighted by molar-refractivity contribution is -0.684. The van der Waals surface area contributed by atoms with Crippen LogP contribution in [0.3, 0.4) is 0 Å². The van der Waals surface area contributed by atoms with Crippen LogP contribution in [0.1, 0.15) is 34.5 Å². The van der Waals surface area contributed by atoms with Gasteiger partial charge in [0.15, 0.2) is 18.2 Å². The molecule has 0 aliphatic carbocycles. The summed E-state index contributed by atoms with van der Waals surface area (Å²) < 4.78 is 1.76. The van der Waals surface area contributed by atoms with Crippen molar-refractivity contribution in [2.45, 2.75) is 19.5 Å². The Morgan fingerprint density at radius 2 is 1.38 bits per heavy atom. The maximum absolute atomic E-state index is 12.4. The molecular weight excluding hydrogens is 324 g/mol. The quantitative estimate of drug-likeness (QED) is 0.551. The van der Waals surface area contributed by atoms with E-state index in [1.54, 1.807) is 41.2 Å². The summed E-state index contributed by atoms with van der Waals surface area (Å²) in [4.78, 5) is 24.6. The summed E-state index contributed by atoms with van der Waals surface area (Å²) in [7, 11) is 0. The lowest BCUT2D eigenvalue weighted by Gasteiger charge is -2.12. The van der Waals surface area contributed by atoms with Gasteiger partial charge >= 0.3 is 0 Å². The summed E-state index contributed by atoms with van der Waals surface area (Å²) in [6.45, 7) is 2.16. The van der Waals surface area contributed by atoms with Crippen LogP contribution in [0, 0.1) is 0 Å². The molecule has 0 aliphatic heterocycles. The highest BCUT2D eigenvalue weighted by Crippen LogP contribution is 2.11. The number of hydrogen-bond acceptors (Lipinski definition) is 2. The molecule has 0 aliphatic rings. The molecule has 1 N–H and O–H groups in total.